The number of fused-ring (bicyclic) bond motifs is 1. The Hall–Kier alpha value is -5.08. The molecule has 0 amide bonds. The van der Waals surface area contributed by atoms with E-state index in [1.54, 1.807) is 0 Å². The lowest BCUT2D eigenvalue weighted by molar-refractivity contribution is 0.582. The first-order chi connectivity index (χ1) is 23.7. The van der Waals surface area contributed by atoms with E-state index in [-0.39, 0.29) is 5.92 Å². The van der Waals surface area contributed by atoms with Crippen LogP contribution >= 0.6 is 0 Å². The van der Waals surface area contributed by atoms with E-state index in [1.807, 2.05) is 0 Å². The topological polar surface area (TPSA) is 24.1 Å². The molecule has 48 heavy (non-hydrogen) atoms. The standard InChI is InChI=1S/C46H46N2/c1-34(35-16-6-2-7-17-35)32-38(30-31-47-39-20-10-4-11-21-39)42-28-27-41(43-24-14-15-25-44(42)43)37-26-29-46(48-40-22-12-5-13-23-40)45(33-37)36-18-8-3-9-19-36/h2,4-8,10-16,18-29,32,35,43-45,47-48H,1,3,9,17,30-31,33H2/b38-32+. The lowest BCUT2D eigenvalue weighted by Crippen LogP contribution is -2.25. The first kappa shape index (κ1) is 31.5. The molecule has 2 aromatic carbocycles. The monoisotopic (exact) mass is 626 g/mol. The highest BCUT2D eigenvalue weighted by molar-refractivity contribution is 5.58. The van der Waals surface area contributed by atoms with E-state index in [1.165, 1.54) is 39.1 Å². The molecular weight excluding hydrogens is 581 g/mol. The van der Waals surface area contributed by atoms with Crippen LogP contribution in [0.5, 0.6) is 0 Å². The number of nitrogens with one attached hydrogen (secondary N) is 2. The first-order valence-electron chi connectivity index (χ1n) is 17.6. The summed E-state index contributed by atoms with van der Waals surface area (Å²) in [5.41, 5.74) is 11.8. The van der Waals surface area contributed by atoms with Crippen molar-refractivity contribution >= 4 is 11.4 Å². The molecule has 7 rings (SSSR count). The van der Waals surface area contributed by atoms with Gasteiger partial charge in [-0.15, -0.1) is 0 Å². The van der Waals surface area contributed by atoms with Gasteiger partial charge < -0.3 is 10.6 Å². The van der Waals surface area contributed by atoms with Crippen LogP contribution in [0.4, 0.5) is 11.4 Å². The summed E-state index contributed by atoms with van der Waals surface area (Å²) in [4.78, 5) is 0. The molecule has 5 aliphatic carbocycles. The van der Waals surface area contributed by atoms with Crippen LogP contribution < -0.4 is 10.6 Å². The predicted molar refractivity (Wildman–Crippen MR) is 205 cm³/mol. The Kier molecular flexibility index (Phi) is 9.99. The molecule has 0 heterocycles. The molecule has 4 atom stereocenters. The normalized spacial score (nSPS) is 24.5. The Morgan fingerprint density at radius 2 is 1.54 bits per heavy atom. The minimum atomic E-state index is 0.286. The highest BCUT2D eigenvalue weighted by Crippen LogP contribution is 2.46. The summed E-state index contributed by atoms with van der Waals surface area (Å²) in [6.07, 6.45) is 42.3. The molecule has 0 aromatic heterocycles. The summed E-state index contributed by atoms with van der Waals surface area (Å²) in [5.74, 6) is 1.23. The van der Waals surface area contributed by atoms with Gasteiger partial charge in [0.25, 0.3) is 0 Å². The Labute approximate surface area is 287 Å². The molecule has 0 spiro atoms. The van der Waals surface area contributed by atoms with E-state index in [2.05, 4.69) is 175 Å². The fourth-order valence-electron chi connectivity index (χ4n) is 7.55. The molecule has 0 aliphatic heterocycles. The molecule has 0 bridgehead atoms. The van der Waals surface area contributed by atoms with Crippen molar-refractivity contribution in [2.24, 2.45) is 23.7 Å². The maximum Gasteiger partial charge on any atom is 0.0381 e. The maximum atomic E-state index is 4.57. The fourth-order valence-corrected chi connectivity index (χ4v) is 7.55. The quantitative estimate of drug-likeness (QED) is 0.243. The zero-order valence-corrected chi connectivity index (χ0v) is 27.8. The zero-order valence-electron chi connectivity index (χ0n) is 27.8. The lowest BCUT2D eigenvalue weighted by atomic mass is 9.68. The summed E-state index contributed by atoms with van der Waals surface area (Å²) in [6, 6.07) is 21.1. The van der Waals surface area contributed by atoms with Gasteiger partial charge in [0.1, 0.15) is 0 Å². The van der Waals surface area contributed by atoms with Crippen molar-refractivity contribution in [2.75, 3.05) is 17.2 Å². The van der Waals surface area contributed by atoms with E-state index < -0.39 is 0 Å². The molecule has 240 valence electrons. The molecule has 5 aliphatic rings. The Balaban J connectivity index is 1.21. The lowest BCUT2D eigenvalue weighted by Gasteiger charge is -2.36. The summed E-state index contributed by atoms with van der Waals surface area (Å²) in [6.45, 7) is 5.44. The van der Waals surface area contributed by atoms with E-state index in [0.29, 0.717) is 17.8 Å². The number of rotatable bonds is 11. The third-order valence-corrected chi connectivity index (χ3v) is 10.1. The number of benzene rings is 2. The Morgan fingerprint density at radius 3 is 2.29 bits per heavy atom. The average Bonchev–Trinajstić information content (AvgIpc) is 3.16. The summed E-state index contributed by atoms with van der Waals surface area (Å²) in [5, 5.41) is 7.42. The van der Waals surface area contributed by atoms with Crippen LogP contribution in [0.1, 0.15) is 32.1 Å². The van der Waals surface area contributed by atoms with E-state index in [0.717, 1.165) is 50.0 Å². The van der Waals surface area contributed by atoms with E-state index >= 15 is 0 Å². The molecule has 0 saturated heterocycles. The van der Waals surface area contributed by atoms with Gasteiger partial charge >= 0.3 is 0 Å². The van der Waals surface area contributed by atoms with Crippen molar-refractivity contribution in [2.45, 2.75) is 32.1 Å². The second-order valence-electron chi connectivity index (χ2n) is 13.3. The van der Waals surface area contributed by atoms with Gasteiger partial charge in [0.05, 0.1) is 0 Å². The Bertz CT molecular complexity index is 1830. The number of para-hydroxylation sites is 2. The average molecular weight is 627 g/mol. The van der Waals surface area contributed by atoms with Crippen molar-refractivity contribution in [3.05, 3.63) is 204 Å². The first-order valence-corrected chi connectivity index (χ1v) is 17.6. The van der Waals surface area contributed by atoms with Crippen LogP contribution in [0.3, 0.4) is 0 Å². The summed E-state index contributed by atoms with van der Waals surface area (Å²) >= 11 is 0. The molecule has 4 unspecified atom stereocenters. The van der Waals surface area contributed by atoms with Crippen LogP contribution in [0.2, 0.25) is 0 Å². The fraction of sp³-hybridized carbons (Fsp3) is 0.217. The van der Waals surface area contributed by atoms with E-state index in [9.17, 15) is 0 Å². The highest BCUT2D eigenvalue weighted by Gasteiger charge is 2.33. The van der Waals surface area contributed by atoms with Gasteiger partial charge in [0.2, 0.25) is 0 Å². The number of anilines is 2. The van der Waals surface area contributed by atoms with Crippen LogP contribution in [0.15, 0.2) is 204 Å². The molecule has 2 nitrogen and oxygen atoms in total. The van der Waals surface area contributed by atoms with Crippen LogP contribution in [0.25, 0.3) is 0 Å². The smallest absolute Gasteiger partial charge is 0.0381 e. The minimum absolute atomic E-state index is 0.286. The number of hydrogen-bond donors (Lipinski definition) is 2. The van der Waals surface area contributed by atoms with Gasteiger partial charge in [-0.05, 0) is 95.9 Å². The second-order valence-corrected chi connectivity index (χ2v) is 13.3. The van der Waals surface area contributed by atoms with Crippen molar-refractivity contribution < 1.29 is 0 Å². The summed E-state index contributed by atoms with van der Waals surface area (Å²) in [7, 11) is 0. The molecule has 2 aromatic rings. The zero-order chi connectivity index (χ0) is 32.5. The highest BCUT2D eigenvalue weighted by atomic mass is 14.9. The van der Waals surface area contributed by atoms with Crippen molar-refractivity contribution in [3.8, 4) is 0 Å². The third kappa shape index (κ3) is 7.39. The van der Waals surface area contributed by atoms with Gasteiger partial charge in [0.15, 0.2) is 0 Å². The van der Waals surface area contributed by atoms with Gasteiger partial charge in [-0.1, -0.05) is 134 Å². The molecule has 2 heteroatoms. The van der Waals surface area contributed by atoms with Gasteiger partial charge in [-0.2, -0.15) is 0 Å². The summed E-state index contributed by atoms with van der Waals surface area (Å²) < 4.78 is 0. The van der Waals surface area contributed by atoms with Gasteiger partial charge in [-0.25, -0.2) is 0 Å². The van der Waals surface area contributed by atoms with Gasteiger partial charge in [0, 0.05) is 47.3 Å². The van der Waals surface area contributed by atoms with Crippen LogP contribution in [-0.4, -0.2) is 6.54 Å². The van der Waals surface area contributed by atoms with Gasteiger partial charge in [-0.3, -0.25) is 0 Å². The molecule has 0 radical (unpaired) electrons. The molecule has 0 saturated carbocycles. The van der Waals surface area contributed by atoms with Crippen LogP contribution in [-0.2, 0) is 0 Å². The second kappa shape index (κ2) is 15.2. The van der Waals surface area contributed by atoms with Crippen molar-refractivity contribution in [1.29, 1.82) is 0 Å². The van der Waals surface area contributed by atoms with Crippen LogP contribution in [0, 0.1) is 23.7 Å². The molecule has 0 fully saturated rings. The number of allylic oxidation sites excluding steroid dienone is 21. The maximum absolute atomic E-state index is 4.57. The van der Waals surface area contributed by atoms with E-state index in [4.69, 9.17) is 0 Å². The van der Waals surface area contributed by atoms with Crippen molar-refractivity contribution in [1.82, 2.24) is 0 Å². The molecular formula is C46H46N2. The SMILES string of the molecule is C=C(/C=C(\CCNc1ccccc1)C1=CC=C(C2=CC=C(Nc3ccccc3)C(C3=CCCC=C3)C2)C2C=CC=CC12)C1C=CC=CC1. The predicted octanol–water partition coefficient (Wildman–Crippen LogP) is 11.5. The third-order valence-electron chi connectivity index (χ3n) is 10.1. The largest absolute Gasteiger partial charge is 0.385 e. The Morgan fingerprint density at radius 1 is 0.771 bits per heavy atom. The molecule has 2 N–H and O–H groups in total. The van der Waals surface area contributed by atoms with Crippen molar-refractivity contribution in [3.63, 3.8) is 0 Å². The minimum Gasteiger partial charge on any atom is -0.385 e. The number of hydrogen-bond acceptors (Lipinski definition) is 2.